The van der Waals surface area contributed by atoms with E-state index in [0.29, 0.717) is 19.6 Å². The van der Waals surface area contributed by atoms with Crippen LogP contribution in [0.5, 0.6) is 5.75 Å². The first-order valence-corrected chi connectivity index (χ1v) is 6.24. The van der Waals surface area contributed by atoms with Gasteiger partial charge < -0.3 is 19.5 Å². The fraction of sp³-hybridized carbons (Fsp3) is 0.500. The van der Waals surface area contributed by atoms with Crippen LogP contribution < -0.4 is 9.64 Å². The van der Waals surface area contributed by atoms with Crippen molar-refractivity contribution in [1.82, 2.24) is 0 Å². The number of methoxy groups -OCH3 is 1. The van der Waals surface area contributed by atoms with E-state index in [0.717, 1.165) is 11.4 Å². The molecule has 1 atom stereocenters. The summed E-state index contributed by atoms with van der Waals surface area (Å²) in [5, 5.41) is 9.43. The van der Waals surface area contributed by atoms with Crippen molar-refractivity contribution in [2.45, 2.75) is 6.42 Å². The number of nitrogens with zero attached hydrogens (tertiary/aromatic N) is 1. The number of aliphatic carboxylic acids is 1. The maximum Gasteiger partial charge on any atom is 0.313 e. The van der Waals surface area contributed by atoms with E-state index in [9.17, 15) is 9.90 Å². The number of rotatable bonds is 5. The van der Waals surface area contributed by atoms with Gasteiger partial charge in [-0.2, -0.15) is 0 Å². The number of hydrogen-bond acceptors (Lipinski definition) is 4. The molecule has 5 heteroatoms. The molecule has 0 radical (unpaired) electrons. The summed E-state index contributed by atoms with van der Waals surface area (Å²) in [6, 6.07) is 7.59. The standard InChI is InChI=1S/C14H19NO4/c1-15(11-4-3-5-12(8-11)18-2)9-14(13(16)17)6-7-19-10-14/h3-5,8H,6-7,9-10H2,1-2H3,(H,16,17). The van der Waals surface area contributed by atoms with Crippen LogP contribution in [0.3, 0.4) is 0 Å². The Bertz CT molecular complexity index is 455. The van der Waals surface area contributed by atoms with Gasteiger partial charge in [0.2, 0.25) is 0 Å². The molecule has 104 valence electrons. The molecule has 0 spiro atoms. The lowest BCUT2D eigenvalue weighted by atomic mass is 9.87. The maximum absolute atomic E-state index is 11.5. The van der Waals surface area contributed by atoms with E-state index in [-0.39, 0.29) is 6.61 Å². The summed E-state index contributed by atoms with van der Waals surface area (Å²) in [5.74, 6) is -0.0313. The van der Waals surface area contributed by atoms with Gasteiger partial charge in [-0.3, -0.25) is 4.79 Å². The minimum Gasteiger partial charge on any atom is -0.497 e. The van der Waals surface area contributed by atoms with Crippen LogP contribution in [-0.4, -0.2) is 45.0 Å². The van der Waals surface area contributed by atoms with Crippen LogP contribution in [0.25, 0.3) is 0 Å². The van der Waals surface area contributed by atoms with E-state index in [1.165, 1.54) is 0 Å². The van der Waals surface area contributed by atoms with Crippen molar-refractivity contribution in [3.8, 4) is 5.75 Å². The second-order valence-electron chi connectivity index (χ2n) is 4.95. The summed E-state index contributed by atoms with van der Waals surface area (Å²) in [7, 11) is 3.50. The van der Waals surface area contributed by atoms with Crippen molar-refractivity contribution in [2.75, 3.05) is 38.8 Å². The average molecular weight is 265 g/mol. The Morgan fingerprint density at radius 2 is 2.37 bits per heavy atom. The predicted octanol–water partition coefficient (Wildman–Crippen LogP) is 1.62. The molecule has 1 aliphatic heterocycles. The summed E-state index contributed by atoms with van der Waals surface area (Å²) in [6.07, 6.45) is 0.552. The Balaban J connectivity index is 2.15. The van der Waals surface area contributed by atoms with E-state index >= 15 is 0 Å². The molecule has 1 heterocycles. The number of benzene rings is 1. The number of carboxylic acids is 1. The smallest absolute Gasteiger partial charge is 0.313 e. The van der Waals surface area contributed by atoms with E-state index < -0.39 is 11.4 Å². The summed E-state index contributed by atoms with van der Waals surface area (Å²) >= 11 is 0. The third kappa shape index (κ3) is 2.81. The maximum atomic E-state index is 11.5. The van der Waals surface area contributed by atoms with Crippen molar-refractivity contribution in [3.05, 3.63) is 24.3 Å². The molecule has 0 aliphatic carbocycles. The van der Waals surface area contributed by atoms with Gasteiger partial charge in [-0.1, -0.05) is 6.07 Å². The number of carboxylic acid groups (broad SMARTS) is 1. The molecule has 1 aliphatic rings. The van der Waals surface area contributed by atoms with Gasteiger partial charge in [0, 0.05) is 32.0 Å². The van der Waals surface area contributed by atoms with Crippen molar-refractivity contribution >= 4 is 11.7 Å². The molecule has 1 fully saturated rings. The Morgan fingerprint density at radius 1 is 1.58 bits per heavy atom. The molecule has 0 aromatic heterocycles. The molecular weight excluding hydrogens is 246 g/mol. The van der Waals surface area contributed by atoms with Gasteiger partial charge in [-0.05, 0) is 18.6 Å². The number of ether oxygens (including phenoxy) is 2. The number of hydrogen-bond donors (Lipinski definition) is 1. The van der Waals surface area contributed by atoms with E-state index in [4.69, 9.17) is 9.47 Å². The molecule has 1 aromatic carbocycles. The van der Waals surface area contributed by atoms with Gasteiger partial charge in [0.25, 0.3) is 0 Å². The highest BCUT2D eigenvalue weighted by atomic mass is 16.5. The SMILES string of the molecule is COc1cccc(N(C)CC2(C(=O)O)CCOC2)c1. The zero-order valence-corrected chi connectivity index (χ0v) is 11.3. The molecule has 0 bridgehead atoms. The highest BCUT2D eigenvalue weighted by Crippen LogP contribution is 2.32. The molecule has 1 saturated heterocycles. The van der Waals surface area contributed by atoms with Gasteiger partial charge in [0.05, 0.1) is 13.7 Å². The van der Waals surface area contributed by atoms with Gasteiger partial charge in [-0.25, -0.2) is 0 Å². The van der Waals surface area contributed by atoms with Crippen molar-refractivity contribution in [2.24, 2.45) is 5.41 Å². The molecule has 2 rings (SSSR count). The fourth-order valence-electron chi connectivity index (χ4n) is 2.36. The molecule has 0 amide bonds. The van der Waals surface area contributed by atoms with Crippen LogP contribution in [0.1, 0.15) is 6.42 Å². The lowest BCUT2D eigenvalue weighted by Crippen LogP contribution is -2.42. The minimum atomic E-state index is -0.808. The predicted molar refractivity (Wildman–Crippen MR) is 71.8 cm³/mol. The highest BCUT2D eigenvalue weighted by molar-refractivity contribution is 5.76. The summed E-state index contributed by atoms with van der Waals surface area (Å²) < 4.78 is 10.5. The van der Waals surface area contributed by atoms with Crippen LogP contribution in [0.15, 0.2) is 24.3 Å². The van der Waals surface area contributed by atoms with Crippen LogP contribution >= 0.6 is 0 Å². The molecule has 5 nitrogen and oxygen atoms in total. The van der Waals surface area contributed by atoms with Crippen molar-refractivity contribution < 1.29 is 19.4 Å². The number of anilines is 1. The monoisotopic (exact) mass is 265 g/mol. The molecule has 1 N–H and O–H groups in total. The first kappa shape index (κ1) is 13.7. The van der Waals surface area contributed by atoms with E-state index in [2.05, 4.69) is 0 Å². The van der Waals surface area contributed by atoms with Gasteiger partial charge in [0.1, 0.15) is 11.2 Å². The second-order valence-corrected chi connectivity index (χ2v) is 4.95. The third-order valence-corrected chi connectivity index (χ3v) is 3.59. The average Bonchev–Trinajstić information content (AvgIpc) is 2.88. The lowest BCUT2D eigenvalue weighted by Gasteiger charge is -2.30. The van der Waals surface area contributed by atoms with Gasteiger partial charge >= 0.3 is 5.97 Å². The lowest BCUT2D eigenvalue weighted by molar-refractivity contribution is -0.148. The summed E-state index contributed by atoms with van der Waals surface area (Å²) in [5.41, 5.74) is 0.129. The van der Waals surface area contributed by atoms with E-state index in [1.807, 2.05) is 36.2 Å². The zero-order chi connectivity index (χ0) is 13.9. The van der Waals surface area contributed by atoms with Crippen LogP contribution in [-0.2, 0) is 9.53 Å². The van der Waals surface area contributed by atoms with Crippen LogP contribution in [0, 0.1) is 5.41 Å². The van der Waals surface area contributed by atoms with Crippen molar-refractivity contribution in [1.29, 1.82) is 0 Å². The Morgan fingerprint density at radius 3 is 2.95 bits per heavy atom. The first-order valence-electron chi connectivity index (χ1n) is 6.24. The van der Waals surface area contributed by atoms with Gasteiger partial charge in [-0.15, -0.1) is 0 Å². The normalized spacial score (nSPS) is 22.2. The minimum absolute atomic E-state index is 0.274. The first-order chi connectivity index (χ1) is 9.07. The quantitative estimate of drug-likeness (QED) is 0.876. The Kier molecular flexibility index (Phi) is 3.95. The van der Waals surface area contributed by atoms with Crippen molar-refractivity contribution in [3.63, 3.8) is 0 Å². The fourth-order valence-corrected chi connectivity index (χ4v) is 2.36. The second kappa shape index (κ2) is 5.48. The molecule has 0 saturated carbocycles. The highest BCUT2D eigenvalue weighted by Gasteiger charge is 2.43. The topological polar surface area (TPSA) is 59.0 Å². The molecule has 19 heavy (non-hydrogen) atoms. The Hall–Kier alpha value is -1.75. The largest absolute Gasteiger partial charge is 0.497 e. The summed E-state index contributed by atoms with van der Waals surface area (Å²) in [6.45, 7) is 1.21. The summed E-state index contributed by atoms with van der Waals surface area (Å²) in [4.78, 5) is 13.4. The molecule has 1 aromatic rings. The zero-order valence-electron chi connectivity index (χ0n) is 11.3. The Labute approximate surface area is 112 Å². The molecule has 1 unspecified atom stereocenters. The van der Waals surface area contributed by atoms with E-state index in [1.54, 1.807) is 7.11 Å². The third-order valence-electron chi connectivity index (χ3n) is 3.59. The number of carbonyl (C=O) groups is 1. The molecular formula is C14H19NO4. The van der Waals surface area contributed by atoms with Crippen LogP contribution in [0.2, 0.25) is 0 Å². The van der Waals surface area contributed by atoms with Crippen LogP contribution in [0.4, 0.5) is 5.69 Å². The van der Waals surface area contributed by atoms with Gasteiger partial charge in [0.15, 0.2) is 0 Å².